The highest BCUT2D eigenvalue weighted by Crippen LogP contribution is 2.30. The predicted octanol–water partition coefficient (Wildman–Crippen LogP) is 5.54. The molecule has 1 aromatic heterocycles. The fraction of sp³-hybridized carbons (Fsp3) is 0.0500. The Morgan fingerprint density at radius 1 is 0.960 bits per heavy atom. The molecule has 0 spiro atoms. The van der Waals surface area contributed by atoms with Crippen LogP contribution >= 0.6 is 11.6 Å². The lowest BCUT2D eigenvalue weighted by Crippen LogP contribution is -1.96. The van der Waals surface area contributed by atoms with Crippen molar-refractivity contribution in [3.8, 4) is 5.75 Å². The van der Waals surface area contributed by atoms with E-state index in [1.54, 1.807) is 6.33 Å². The predicted molar refractivity (Wildman–Crippen MR) is 102 cm³/mol. The molecule has 4 aromatic rings. The van der Waals surface area contributed by atoms with E-state index in [4.69, 9.17) is 16.3 Å². The van der Waals surface area contributed by atoms with Crippen molar-refractivity contribution in [1.29, 1.82) is 0 Å². The minimum Gasteiger partial charge on any atom is -0.487 e. The number of halogens is 1. The second-order valence-corrected chi connectivity index (χ2v) is 6.09. The van der Waals surface area contributed by atoms with Gasteiger partial charge in [0.2, 0.25) is 0 Å². The van der Waals surface area contributed by atoms with E-state index in [1.165, 1.54) is 0 Å². The van der Waals surface area contributed by atoms with Gasteiger partial charge >= 0.3 is 0 Å². The van der Waals surface area contributed by atoms with Gasteiger partial charge in [0.05, 0.1) is 22.4 Å². The first-order valence-corrected chi connectivity index (χ1v) is 8.32. The highest BCUT2D eigenvalue weighted by Gasteiger charge is 2.05. The van der Waals surface area contributed by atoms with Crippen molar-refractivity contribution in [3.63, 3.8) is 0 Å². The van der Waals surface area contributed by atoms with Gasteiger partial charge in [-0.25, -0.2) is 4.98 Å². The summed E-state index contributed by atoms with van der Waals surface area (Å²) >= 11 is 6.36. The van der Waals surface area contributed by atoms with Crippen molar-refractivity contribution >= 4 is 34.0 Å². The van der Waals surface area contributed by atoms with E-state index >= 15 is 0 Å². The van der Waals surface area contributed by atoms with Crippen LogP contribution in [0.15, 0.2) is 73.1 Å². The molecular formula is C20H16ClN3O. The average molecular weight is 350 g/mol. The molecule has 0 saturated carbocycles. The molecule has 0 bridgehead atoms. The first-order valence-electron chi connectivity index (χ1n) is 7.94. The molecular weight excluding hydrogens is 334 g/mol. The maximum atomic E-state index is 6.36. The van der Waals surface area contributed by atoms with E-state index in [9.17, 15) is 0 Å². The SMILES string of the molecule is Clc1cc(Nc2ccc3nc[nH]c3c2)ccc1OCc1ccccc1. The summed E-state index contributed by atoms with van der Waals surface area (Å²) in [5, 5.41) is 3.91. The third kappa shape index (κ3) is 3.59. The third-order valence-corrected chi connectivity index (χ3v) is 4.17. The van der Waals surface area contributed by atoms with Gasteiger partial charge < -0.3 is 15.0 Å². The van der Waals surface area contributed by atoms with E-state index in [0.717, 1.165) is 28.0 Å². The van der Waals surface area contributed by atoms with Crippen LogP contribution in [0.25, 0.3) is 11.0 Å². The standard InChI is InChI=1S/C20H16ClN3O/c21-17-10-15(24-16-6-8-18-19(11-16)23-13-22-18)7-9-20(17)25-12-14-4-2-1-3-5-14/h1-11,13,24H,12H2,(H,22,23). The molecule has 0 atom stereocenters. The van der Waals surface area contributed by atoms with Crippen LogP contribution in [-0.4, -0.2) is 9.97 Å². The van der Waals surface area contributed by atoms with Gasteiger partial charge in [0.15, 0.2) is 0 Å². The van der Waals surface area contributed by atoms with Gasteiger partial charge in [-0.2, -0.15) is 0 Å². The van der Waals surface area contributed by atoms with Crippen LogP contribution in [0.2, 0.25) is 5.02 Å². The summed E-state index contributed by atoms with van der Waals surface area (Å²) in [6.45, 7) is 0.490. The molecule has 3 aromatic carbocycles. The molecule has 0 aliphatic rings. The summed E-state index contributed by atoms with van der Waals surface area (Å²) in [7, 11) is 0. The van der Waals surface area contributed by atoms with Crippen LogP contribution < -0.4 is 10.1 Å². The Bertz CT molecular complexity index is 998. The second-order valence-electron chi connectivity index (χ2n) is 5.68. The third-order valence-electron chi connectivity index (χ3n) is 3.88. The van der Waals surface area contributed by atoms with Crippen molar-refractivity contribution in [3.05, 3.63) is 83.6 Å². The number of H-pyrrole nitrogens is 1. The Morgan fingerprint density at radius 2 is 1.76 bits per heavy atom. The molecule has 5 heteroatoms. The number of aromatic amines is 1. The Kier molecular flexibility index (Phi) is 4.27. The number of benzene rings is 3. The number of hydrogen-bond donors (Lipinski definition) is 2. The molecule has 4 nitrogen and oxygen atoms in total. The molecule has 4 rings (SSSR count). The lowest BCUT2D eigenvalue weighted by molar-refractivity contribution is 0.306. The maximum absolute atomic E-state index is 6.36. The first kappa shape index (κ1) is 15.5. The number of nitrogens with one attached hydrogen (secondary N) is 2. The smallest absolute Gasteiger partial charge is 0.138 e. The van der Waals surface area contributed by atoms with Crippen molar-refractivity contribution in [2.75, 3.05) is 5.32 Å². The van der Waals surface area contributed by atoms with Crippen LogP contribution in [0.1, 0.15) is 5.56 Å². The summed E-state index contributed by atoms with van der Waals surface area (Å²) in [5.74, 6) is 0.667. The lowest BCUT2D eigenvalue weighted by Gasteiger charge is -2.11. The van der Waals surface area contributed by atoms with E-state index in [1.807, 2.05) is 66.7 Å². The van der Waals surface area contributed by atoms with Gasteiger partial charge in [-0.15, -0.1) is 0 Å². The van der Waals surface area contributed by atoms with Gasteiger partial charge in [-0.05, 0) is 42.0 Å². The summed E-state index contributed by atoms with van der Waals surface area (Å²) in [4.78, 5) is 7.32. The van der Waals surface area contributed by atoms with Crippen LogP contribution in [0.5, 0.6) is 5.75 Å². The van der Waals surface area contributed by atoms with Crippen LogP contribution in [0.4, 0.5) is 11.4 Å². The number of nitrogens with zero attached hydrogens (tertiary/aromatic N) is 1. The van der Waals surface area contributed by atoms with Gasteiger partial charge in [-0.3, -0.25) is 0 Å². The van der Waals surface area contributed by atoms with Crippen molar-refractivity contribution in [1.82, 2.24) is 9.97 Å². The average Bonchev–Trinajstić information content (AvgIpc) is 3.10. The molecule has 0 aliphatic carbocycles. The molecule has 2 N–H and O–H groups in total. The van der Waals surface area contributed by atoms with E-state index in [2.05, 4.69) is 15.3 Å². The molecule has 0 amide bonds. The minimum absolute atomic E-state index is 0.490. The molecule has 25 heavy (non-hydrogen) atoms. The number of aromatic nitrogens is 2. The van der Waals surface area contributed by atoms with E-state index in [-0.39, 0.29) is 0 Å². The summed E-state index contributed by atoms with van der Waals surface area (Å²) in [6, 6.07) is 21.7. The van der Waals surface area contributed by atoms with Crippen molar-refractivity contribution < 1.29 is 4.74 Å². The highest BCUT2D eigenvalue weighted by atomic mass is 35.5. The Morgan fingerprint density at radius 3 is 2.60 bits per heavy atom. The van der Waals surface area contributed by atoms with Crippen LogP contribution in [-0.2, 0) is 6.61 Å². The number of fused-ring (bicyclic) bond motifs is 1. The minimum atomic E-state index is 0.490. The summed E-state index contributed by atoms with van der Waals surface area (Å²) in [5.41, 5.74) is 4.89. The highest BCUT2D eigenvalue weighted by molar-refractivity contribution is 6.32. The fourth-order valence-electron chi connectivity index (χ4n) is 2.61. The molecule has 0 radical (unpaired) electrons. The first-order chi connectivity index (χ1) is 12.3. The Hall–Kier alpha value is -2.98. The summed E-state index contributed by atoms with van der Waals surface area (Å²) < 4.78 is 5.80. The number of rotatable bonds is 5. The van der Waals surface area contributed by atoms with Gasteiger partial charge in [-0.1, -0.05) is 41.9 Å². The van der Waals surface area contributed by atoms with Gasteiger partial charge in [0.25, 0.3) is 0 Å². The van der Waals surface area contributed by atoms with Crippen LogP contribution in [0.3, 0.4) is 0 Å². The zero-order valence-corrected chi connectivity index (χ0v) is 14.1. The maximum Gasteiger partial charge on any atom is 0.138 e. The number of anilines is 2. The molecule has 0 aliphatic heterocycles. The van der Waals surface area contributed by atoms with Crippen molar-refractivity contribution in [2.24, 2.45) is 0 Å². The Balaban J connectivity index is 1.47. The molecule has 124 valence electrons. The van der Waals surface area contributed by atoms with Gasteiger partial charge in [0, 0.05) is 11.4 Å². The summed E-state index contributed by atoms with van der Waals surface area (Å²) in [6.07, 6.45) is 1.68. The fourth-order valence-corrected chi connectivity index (χ4v) is 2.85. The zero-order chi connectivity index (χ0) is 17.1. The zero-order valence-electron chi connectivity index (χ0n) is 13.4. The Labute approximate surface area is 150 Å². The monoisotopic (exact) mass is 349 g/mol. The molecule has 0 saturated heterocycles. The van der Waals surface area contributed by atoms with Gasteiger partial charge in [0.1, 0.15) is 12.4 Å². The number of ether oxygens (including phenoxy) is 1. The largest absolute Gasteiger partial charge is 0.487 e. The number of hydrogen-bond acceptors (Lipinski definition) is 3. The van der Waals surface area contributed by atoms with E-state index in [0.29, 0.717) is 17.4 Å². The quantitative estimate of drug-likeness (QED) is 0.497. The van der Waals surface area contributed by atoms with E-state index < -0.39 is 0 Å². The van der Waals surface area contributed by atoms with Crippen LogP contribution in [0, 0.1) is 0 Å². The normalized spacial score (nSPS) is 10.8. The molecule has 0 unspecified atom stereocenters. The van der Waals surface area contributed by atoms with Crippen molar-refractivity contribution in [2.45, 2.75) is 6.61 Å². The topological polar surface area (TPSA) is 49.9 Å². The second kappa shape index (κ2) is 6.87. The number of imidazole rings is 1. The lowest BCUT2D eigenvalue weighted by atomic mass is 10.2. The molecule has 0 fully saturated rings. The molecule has 1 heterocycles.